The van der Waals surface area contributed by atoms with Gasteiger partial charge in [0.1, 0.15) is 16.5 Å². The van der Waals surface area contributed by atoms with Crippen molar-refractivity contribution in [3.63, 3.8) is 0 Å². The minimum absolute atomic E-state index is 0.0861. The van der Waals surface area contributed by atoms with Crippen molar-refractivity contribution in [1.29, 1.82) is 0 Å². The molecule has 4 heterocycles. The molecule has 3 aromatic rings. The number of benzene rings is 1. The molecular weight excluding hydrogens is 522 g/mol. The van der Waals surface area contributed by atoms with Crippen LogP contribution in [0.4, 0.5) is 22.7 Å². The number of halogens is 4. The van der Waals surface area contributed by atoms with E-state index < -0.39 is 44.9 Å². The fourth-order valence-electron chi connectivity index (χ4n) is 5.02. The van der Waals surface area contributed by atoms with Crippen LogP contribution in [-0.4, -0.2) is 47.4 Å². The number of alkyl halides is 3. The Labute approximate surface area is 208 Å². The van der Waals surface area contributed by atoms with Crippen LogP contribution in [0.2, 0.25) is 0 Å². The topological polar surface area (TPSA) is 89.4 Å². The molecule has 5 rings (SSSR count). The van der Waals surface area contributed by atoms with Crippen molar-refractivity contribution in [2.45, 2.75) is 42.4 Å². The number of sulfonamides is 1. The summed E-state index contributed by atoms with van der Waals surface area (Å²) < 4.78 is 91.2. The standard InChI is InChI=1S/C22H23F4N5O3S2/c1-30-17(2-5-28-30)18-10-13(22(24,25)26)3-7-31(18)16-4-8-34-19-12-20(15(23)11-14(16)19)36(32,33)29-21-27-6-9-35-21/h2,5-6,9,11-13,16,18H,3-4,7-8,10H2,1H3,(H,27,29)/t13-,16+,18+/m1/s1. The number of anilines is 1. The molecular formula is C22H23F4N5O3S2. The molecule has 0 bridgehead atoms. The molecule has 2 aliphatic rings. The van der Waals surface area contributed by atoms with Gasteiger partial charge in [0, 0.05) is 55.5 Å². The van der Waals surface area contributed by atoms with Crippen LogP contribution in [-0.2, 0) is 17.1 Å². The molecule has 8 nitrogen and oxygen atoms in total. The summed E-state index contributed by atoms with van der Waals surface area (Å²) in [7, 11) is -2.60. The number of hydrogen-bond acceptors (Lipinski definition) is 7. The van der Waals surface area contributed by atoms with Crippen LogP contribution in [0.1, 0.15) is 42.6 Å². The van der Waals surface area contributed by atoms with Gasteiger partial charge in [-0.2, -0.15) is 18.3 Å². The average Bonchev–Trinajstić information content (AvgIpc) is 3.48. The maximum absolute atomic E-state index is 15.2. The molecule has 1 fully saturated rings. The molecule has 1 N–H and O–H groups in total. The van der Waals surface area contributed by atoms with E-state index in [4.69, 9.17) is 4.74 Å². The fraction of sp³-hybridized carbons (Fsp3) is 0.455. The van der Waals surface area contributed by atoms with Crippen molar-refractivity contribution in [2.75, 3.05) is 17.9 Å². The third-order valence-corrected chi connectivity index (χ3v) is 8.89. The minimum Gasteiger partial charge on any atom is -0.493 e. The van der Waals surface area contributed by atoms with Crippen molar-refractivity contribution >= 4 is 26.5 Å². The number of aromatic nitrogens is 3. The Morgan fingerprint density at radius 3 is 2.67 bits per heavy atom. The zero-order valence-corrected chi connectivity index (χ0v) is 20.7. The number of nitrogens with one attached hydrogen (secondary N) is 1. The smallest absolute Gasteiger partial charge is 0.391 e. The molecule has 2 aliphatic heterocycles. The van der Waals surface area contributed by atoms with Crippen LogP contribution in [0.15, 0.2) is 40.9 Å². The minimum atomic E-state index is -4.32. The molecule has 0 saturated carbocycles. The summed E-state index contributed by atoms with van der Waals surface area (Å²) in [5.74, 6) is -2.25. The predicted molar refractivity (Wildman–Crippen MR) is 124 cm³/mol. The van der Waals surface area contributed by atoms with Crippen LogP contribution >= 0.6 is 11.3 Å². The predicted octanol–water partition coefficient (Wildman–Crippen LogP) is 4.66. The van der Waals surface area contributed by atoms with Crippen LogP contribution in [0.3, 0.4) is 0 Å². The van der Waals surface area contributed by atoms with Crippen molar-refractivity contribution in [3.8, 4) is 5.75 Å². The second kappa shape index (κ2) is 9.30. The highest BCUT2D eigenvalue weighted by molar-refractivity contribution is 7.93. The molecule has 0 aliphatic carbocycles. The highest BCUT2D eigenvalue weighted by atomic mass is 32.2. The first-order valence-electron chi connectivity index (χ1n) is 11.2. The summed E-state index contributed by atoms with van der Waals surface area (Å²) in [6.07, 6.45) is -1.19. The lowest BCUT2D eigenvalue weighted by Crippen LogP contribution is -2.44. The molecule has 194 valence electrons. The Morgan fingerprint density at radius 1 is 1.19 bits per heavy atom. The van der Waals surface area contributed by atoms with Gasteiger partial charge in [-0.3, -0.25) is 14.3 Å². The number of nitrogens with zero attached hydrogens (tertiary/aromatic N) is 4. The van der Waals surface area contributed by atoms with Gasteiger partial charge >= 0.3 is 6.18 Å². The quantitative estimate of drug-likeness (QED) is 0.470. The van der Waals surface area contributed by atoms with Gasteiger partial charge in [-0.05, 0) is 25.0 Å². The maximum Gasteiger partial charge on any atom is 0.391 e. The van der Waals surface area contributed by atoms with Gasteiger partial charge in [0.05, 0.1) is 24.3 Å². The number of likely N-dealkylation sites (tertiary alicyclic amines) is 1. The number of fused-ring (bicyclic) bond motifs is 1. The van der Waals surface area contributed by atoms with E-state index in [1.807, 2.05) is 4.90 Å². The van der Waals surface area contributed by atoms with Crippen LogP contribution in [0.5, 0.6) is 5.75 Å². The summed E-state index contributed by atoms with van der Waals surface area (Å²) in [4.78, 5) is 5.21. The van der Waals surface area contributed by atoms with Crippen LogP contribution in [0, 0.1) is 11.7 Å². The summed E-state index contributed by atoms with van der Waals surface area (Å²) in [5, 5.41) is 5.81. The summed E-state index contributed by atoms with van der Waals surface area (Å²) >= 11 is 1.05. The highest BCUT2D eigenvalue weighted by Crippen LogP contribution is 2.48. The van der Waals surface area contributed by atoms with E-state index in [1.165, 1.54) is 12.4 Å². The molecule has 3 atom stereocenters. The van der Waals surface area contributed by atoms with Gasteiger partial charge in [0.2, 0.25) is 0 Å². The third-order valence-electron chi connectivity index (χ3n) is 6.72. The van der Waals surface area contributed by atoms with Gasteiger partial charge in [0.25, 0.3) is 10.0 Å². The lowest BCUT2D eigenvalue weighted by molar-refractivity contribution is -0.192. The fourth-order valence-corrected chi connectivity index (χ4v) is 6.89. The number of ether oxygens (including phenoxy) is 1. The van der Waals surface area contributed by atoms with Crippen LogP contribution in [0.25, 0.3) is 0 Å². The van der Waals surface area contributed by atoms with Crippen molar-refractivity contribution in [3.05, 3.63) is 53.0 Å². The van der Waals surface area contributed by atoms with Crippen molar-refractivity contribution in [1.82, 2.24) is 19.7 Å². The molecule has 2 aromatic heterocycles. The third kappa shape index (κ3) is 4.68. The van der Waals surface area contributed by atoms with Crippen LogP contribution < -0.4 is 9.46 Å². The SMILES string of the molecule is Cn1nccc1[C@@H]1C[C@H](C(F)(F)F)CCN1[C@H]1CCOc2cc(S(=O)(=O)Nc3nccs3)c(F)cc21. The van der Waals surface area contributed by atoms with Gasteiger partial charge in [0.15, 0.2) is 5.13 Å². The zero-order chi connectivity index (χ0) is 25.7. The van der Waals surface area contributed by atoms with E-state index in [0.29, 0.717) is 17.7 Å². The summed E-state index contributed by atoms with van der Waals surface area (Å²) in [5.41, 5.74) is 1.04. The Balaban J connectivity index is 1.50. The Kier molecular flexibility index (Phi) is 6.45. The van der Waals surface area contributed by atoms with E-state index >= 15 is 4.39 Å². The average molecular weight is 546 g/mol. The van der Waals surface area contributed by atoms with Gasteiger partial charge in [-0.15, -0.1) is 11.3 Å². The number of hydrogen-bond donors (Lipinski definition) is 1. The van der Waals surface area contributed by atoms with E-state index in [-0.39, 0.29) is 36.9 Å². The van der Waals surface area contributed by atoms with Gasteiger partial charge in [-0.25, -0.2) is 17.8 Å². The molecule has 14 heteroatoms. The van der Waals surface area contributed by atoms with E-state index in [0.717, 1.165) is 23.5 Å². The molecule has 0 spiro atoms. The number of aryl methyl sites for hydroxylation is 1. The normalized spacial score (nSPS) is 23.2. The van der Waals surface area contributed by atoms with E-state index in [1.54, 1.807) is 23.2 Å². The molecule has 0 radical (unpaired) electrons. The van der Waals surface area contributed by atoms with E-state index in [9.17, 15) is 21.6 Å². The van der Waals surface area contributed by atoms with Crippen molar-refractivity contribution in [2.24, 2.45) is 13.0 Å². The zero-order valence-electron chi connectivity index (χ0n) is 19.1. The molecule has 36 heavy (non-hydrogen) atoms. The van der Waals surface area contributed by atoms with Crippen molar-refractivity contribution < 1.29 is 30.7 Å². The highest BCUT2D eigenvalue weighted by Gasteiger charge is 2.47. The largest absolute Gasteiger partial charge is 0.493 e. The number of rotatable bonds is 5. The monoisotopic (exact) mass is 545 g/mol. The first-order valence-corrected chi connectivity index (χ1v) is 13.6. The molecule has 1 aromatic carbocycles. The molecule has 1 saturated heterocycles. The molecule has 0 unspecified atom stereocenters. The Bertz CT molecular complexity index is 1340. The van der Waals surface area contributed by atoms with Gasteiger partial charge in [-0.1, -0.05) is 0 Å². The maximum atomic E-state index is 15.2. The summed E-state index contributed by atoms with van der Waals surface area (Å²) in [6, 6.07) is 2.88. The Morgan fingerprint density at radius 2 is 2.00 bits per heavy atom. The first kappa shape index (κ1) is 25.0. The Hall–Kier alpha value is -2.71. The second-order valence-electron chi connectivity index (χ2n) is 8.81. The summed E-state index contributed by atoms with van der Waals surface area (Å²) in [6.45, 7) is 0.345. The number of thiazole rings is 1. The van der Waals surface area contributed by atoms with Gasteiger partial charge < -0.3 is 4.74 Å². The van der Waals surface area contributed by atoms with E-state index in [2.05, 4.69) is 14.8 Å². The second-order valence-corrected chi connectivity index (χ2v) is 11.4. The molecule has 0 amide bonds. The lowest BCUT2D eigenvalue weighted by atomic mass is 9.85. The lowest BCUT2D eigenvalue weighted by Gasteiger charge is -2.45. The first-order chi connectivity index (χ1) is 17.0. The number of piperidine rings is 1.